The van der Waals surface area contributed by atoms with Gasteiger partial charge < -0.3 is 10.6 Å². The van der Waals surface area contributed by atoms with Crippen molar-refractivity contribution < 1.29 is 4.79 Å². The Morgan fingerprint density at radius 1 is 1.35 bits per heavy atom. The Bertz CT molecular complexity index is 582. The first-order valence-electron chi connectivity index (χ1n) is 6.14. The molecule has 2 rings (SSSR count). The highest BCUT2D eigenvalue weighted by atomic mass is 35.5. The van der Waals surface area contributed by atoms with Crippen LogP contribution in [0, 0.1) is 6.92 Å². The first-order chi connectivity index (χ1) is 9.11. The molecule has 2 N–H and O–H groups in total. The van der Waals surface area contributed by atoms with E-state index in [0.29, 0.717) is 0 Å². The molecule has 0 aliphatic heterocycles. The minimum absolute atomic E-state index is 0. The van der Waals surface area contributed by atoms with Crippen molar-refractivity contribution in [3.63, 3.8) is 0 Å². The van der Waals surface area contributed by atoms with Crippen LogP contribution in [0.4, 0.5) is 5.69 Å². The molecule has 1 amide bonds. The molecule has 2 aromatic rings. The van der Waals surface area contributed by atoms with E-state index in [1.807, 2.05) is 44.4 Å². The molecule has 1 unspecified atom stereocenters. The van der Waals surface area contributed by atoms with Crippen molar-refractivity contribution in [1.29, 1.82) is 0 Å². The van der Waals surface area contributed by atoms with Crippen LogP contribution in [0.15, 0.2) is 36.7 Å². The smallest absolute Gasteiger partial charge is 0.246 e. The van der Waals surface area contributed by atoms with Gasteiger partial charge in [0.05, 0.1) is 6.20 Å². The number of nitrogens with one attached hydrogen (secondary N) is 2. The van der Waals surface area contributed by atoms with Gasteiger partial charge in [-0.1, -0.05) is 18.2 Å². The number of hydrogen-bond donors (Lipinski definition) is 2. The summed E-state index contributed by atoms with van der Waals surface area (Å²) in [5.74, 6) is -0.0928. The van der Waals surface area contributed by atoms with Gasteiger partial charge in [0, 0.05) is 24.5 Å². The third kappa shape index (κ3) is 3.59. The van der Waals surface area contributed by atoms with E-state index < -0.39 is 6.04 Å². The number of aryl methyl sites for hydroxylation is 2. The summed E-state index contributed by atoms with van der Waals surface area (Å²) in [5.41, 5.74) is 2.71. The van der Waals surface area contributed by atoms with Gasteiger partial charge >= 0.3 is 0 Å². The number of rotatable bonds is 4. The molecular weight excluding hydrogens is 276 g/mol. The third-order valence-corrected chi connectivity index (χ3v) is 3.01. The summed E-state index contributed by atoms with van der Waals surface area (Å²) in [4.78, 5) is 12.3. The van der Waals surface area contributed by atoms with Crippen molar-refractivity contribution in [1.82, 2.24) is 15.1 Å². The van der Waals surface area contributed by atoms with Crippen LogP contribution in [0.5, 0.6) is 0 Å². The highest BCUT2D eigenvalue weighted by Crippen LogP contribution is 2.17. The molecule has 108 valence electrons. The molecule has 0 saturated heterocycles. The molecule has 0 spiro atoms. The Balaban J connectivity index is 0.00000200. The van der Waals surface area contributed by atoms with Crippen molar-refractivity contribution in [2.45, 2.75) is 13.0 Å². The fraction of sp³-hybridized carbons (Fsp3) is 0.286. The van der Waals surface area contributed by atoms with Crippen LogP contribution in [0.25, 0.3) is 0 Å². The average molecular weight is 295 g/mol. The molecule has 0 bridgehead atoms. The van der Waals surface area contributed by atoms with Crippen LogP contribution in [0.1, 0.15) is 17.2 Å². The molecule has 20 heavy (non-hydrogen) atoms. The van der Waals surface area contributed by atoms with Crippen LogP contribution < -0.4 is 10.6 Å². The number of carbonyl (C=O) groups excluding carboxylic acids is 1. The third-order valence-electron chi connectivity index (χ3n) is 3.01. The van der Waals surface area contributed by atoms with Gasteiger partial charge in [0.2, 0.25) is 5.91 Å². The second-order valence-corrected chi connectivity index (χ2v) is 4.47. The predicted octanol–water partition coefficient (Wildman–Crippen LogP) is 2.05. The lowest BCUT2D eigenvalue weighted by Gasteiger charge is -2.15. The number of para-hydroxylation sites is 1. The predicted molar refractivity (Wildman–Crippen MR) is 82.1 cm³/mol. The molecule has 0 fully saturated rings. The van der Waals surface area contributed by atoms with Crippen molar-refractivity contribution in [2.24, 2.45) is 7.05 Å². The first kappa shape index (κ1) is 16.2. The minimum Gasteiger partial charge on any atom is -0.324 e. The summed E-state index contributed by atoms with van der Waals surface area (Å²) in [5, 5.41) is 10.0. The maximum absolute atomic E-state index is 12.3. The van der Waals surface area contributed by atoms with E-state index in [1.54, 1.807) is 17.9 Å². The van der Waals surface area contributed by atoms with Crippen molar-refractivity contribution in [2.75, 3.05) is 12.4 Å². The number of halogens is 1. The maximum Gasteiger partial charge on any atom is 0.246 e. The molecule has 1 heterocycles. The van der Waals surface area contributed by atoms with Gasteiger partial charge in [0.1, 0.15) is 6.04 Å². The first-order valence-corrected chi connectivity index (χ1v) is 6.14. The summed E-state index contributed by atoms with van der Waals surface area (Å²) < 4.78 is 1.68. The lowest BCUT2D eigenvalue weighted by molar-refractivity contribution is -0.118. The number of nitrogens with zero attached hydrogens (tertiary/aromatic N) is 2. The van der Waals surface area contributed by atoms with Gasteiger partial charge in [-0.3, -0.25) is 9.48 Å². The van der Waals surface area contributed by atoms with Crippen LogP contribution in [0.3, 0.4) is 0 Å². The zero-order chi connectivity index (χ0) is 13.8. The van der Waals surface area contributed by atoms with Crippen LogP contribution in [0.2, 0.25) is 0 Å². The lowest BCUT2D eigenvalue weighted by Crippen LogP contribution is -2.30. The van der Waals surface area contributed by atoms with Crippen LogP contribution in [-0.2, 0) is 11.8 Å². The molecule has 5 nitrogen and oxygen atoms in total. The molecule has 0 aliphatic rings. The van der Waals surface area contributed by atoms with E-state index in [9.17, 15) is 4.79 Å². The second-order valence-electron chi connectivity index (χ2n) is 4.47. The summed E-state index contributed by atoms with van der Waals surface area (Å²) in [6.45, 7) is 1.97. The summed E-state index contributed by atoms with van der Waals surface area (Å²) in [7, 11) is 3.59. The van der Waals surface area contributed by atoms with Gasteiger partial charge in [0.25, 0.3) is 0 Å². The standard InChI is InChI=1S/C14H18N4O.ClH/c1-10-6-4-5-7-12(10)17-14(19)13(15-2)11-8-16-18(3)9-11;/h4-9,13,15H,1-3H3,(H,17,19);1H. The fourth-order valence-corrected chi connectivity index (χ4v) is 1.96. The fourth-order valence-electron chi connectivity index (χ4n) is 1.96. The Hall–Kier alpha value is -1.85. The SMILES string of the molecule is CNC(C(=O)Nc1ccccc1C)c1cnn(C)c1.Cl. The molecule has 1 aromatic heterocycles. The number of hydrogen-bond acceptors (Lipinski definition) is 3. The molecule has 1 aromatic carbocycles. The van der Waals surface area contributed by atoms with E-state index in [2.05, 4.69) is 15.7 Å². The Kier molecular flexibility index (Phi) is 5.73. The zero-order valence-electron chi connectivity index (χ0n) is 11.8. The lowest BCUT2D eigenvalue weighted by atomic mass is 10.1. The molecule has 0 radical (unpaired) electrons. The molecule has 0 aliphatic carbocycles. The van der Waals surface area contributed by atoms with Gasteiger partial charge in [-0.2, -0.15) is 5.10 Å². The van der Waals surface area contributed by atoms with Gasteiger partial charge in [0.15, 0.2) is 0 Å². The molecule has 1 atom stereocenters. The maximum atomic E-state index is 12.3. The van der Waals surface area contributed by atoms with E-state index in [4.69, 9.17) is 0 Å². The van der Waals surface area contributed by atoms with E-state index >= 15 is 0 Å². The molecule has 0 saturated carbocycles. The normalized spacial score (nSPS) is 11.6. The van der Waals surface area contributed by atoms with Gasteiger partial charge in [-0.05, 0) is 25.6 Å². The van der Waals surface area contributed by atoms with Gasteiger partial charge in [-0.25, -0.2) is 0 Å². The Morgan fingerprint density at radius 3 is 2.60 bits per heavy atom. The minimum atomic E-state index is -0.409. The van der Waals surface area contributed by atoms with Crippen molar-refractivity contribution in [3.05, 3.63) is 47.8 Å². The summed E-state index contributed by atoms with van der Waals surface area (Å²) in [6, 6.07) is 7.30. The van der Waals surface area contributed by atoms with Crippen molar-refractivity contribution >= 4 is 24.0 Å². The number of likely N-dealkylation sites (N-methyl/N-ethyl adjacent to an activating group) is 1. The number of amides is 1. The monoisotopic (exact) mass is 294 g/mol. The topological polar surface area (TPSA) is 59.0 Å². The number of benzene rings is 1. The summed E-state index contributed by atoms with van der Waals surface area (Å²) in [6.07, 6.45) is 3.52. The Morgan fingerprint density at radius 2 is 2.05 bits per heavy atom. The van der Waals surface area contributed by atoms with Crippen molar-refractivity contribution in [3.8, 4) is 0 Å². The van der Waals surface area contributed by atoms with Crippen LogP contribution in [-0.4, -0.2) is 22.7 Å². The zero-order valence-corrected chi connectivity index (χ0v) is 12.6. The molecular formula is C14H19ClN4O. The van der Waals surface area contributed by atoms with E-state index in [0.717, 1.165) is 16.8 Å². The number of aromatic nitrogens is 2. The summed E-state index contributed by atoms with van der Waals surface area (Å²) >= 11 is 0. The quantitative estimate of drug-likeness (QED) is 0.907. The van der Waals surface area contributed by atoms with E-state index in [-0.39, 0.29) is 18.3 Å². The second kappa shape index (κ2) is 7.07. The highest BCUT2D eigenvalue weighted by molar-refractivity contribution is 5.96. The van der Waals surface area contributed by atoms with Gasteiger partial charge in [-0.15, -0.1) is 12.4 Å². The Labute approximate surface area is 124 Å². The largest absolute Gasteiger partial charge is 0.324 e. The van der Waals surface area contributed by atoms with Crippen LogP contribution >= 0.6 is 12.4 Å². The molecule has 6 heteroatoms. The van der Waals surface area contributed by atoms with E-state index in [1.165, 1.54) is 0 Å². The average Bonchev–Trinajstić information content (AvgIpc) is 2.80. The number of anilines is 1. The number of carbonyl (C=O) groups is 1. The highest BCUT2D eigenvalue weighted by Gasteiger charge is 2.20.